The first kappa shape index (κ1) is 21.5. The Hall–Kier alpha value is -3.74. The molecule has 1 aromatic carbocycles. The Morgan fingerprint density at radius 3 is 2.66 bits per heavy atom. The van der Waals surface area contributed by atoms with Crippen molar-refractivity contribution < 1.29 is 8.78 Å². The van der Waals surface area contributed by atoms with E-state index < -0.39 is 13.0 Å². The third kappa shape index (κ3) is 4.32. The van der Waals surface area contributed by atoms with Crippen LogP contribution in [0.15, 0.2) is 18.3 Å². The molecule has 1 fully saturated rings. The van der Waals surface area contributed by atoms with Crippen molar-refractivity contribution in [1.82, 2.24) is 24.9 Å². The Morgan fingerprint density at radius 2 is 1.97 bits per heavy atom. The number of rotatable bonds is 6. The van der Waals surface area contributed by atoms with Gasteiger partial charge < -0.3 is 20.9 Å². The van der Waals surface area contributed by atoms with Crippen LogP contribution in [0, 0.1) is 22.7 Å². The Kier molecular flexibility index (Phi) is 6.16. The second-order valence-electron chi connectivity index (χ2n) is 6.88. The van der Waals surface area contributed by atoms with Crippen LogP contribution in [0.25, 0.3) is 5.65 Å². The molecule has 1 aliphatic rings. The minimum Gasteiger partial charge on any atom is -0.368 e. The third-order valence-electron chi connectivity index (χ3n) is 4.79. The van der Waals surface area contributed by atoms with Crippen LogP contribution in [-0.2, 0) is 0 Å². The molecule has 10 nitrogen and oxygen atoms in total. The number of hydrogen-bond donors (Lipinski definition) is 3. The number of hydrogen-bond acceptors (Lipinski definition) is 9. The summed E-state index contributed by atoms with van der Waals surface area (Å²) in [5.41, 5.74) is 1.73. The summed E-state index contributed by atoms with van der Waals surface area (Å²) < 4.78 is 26.6. The van der Waals surface area contributed by atoms with Crippen molar-refractivity contribution in [2.75, 3.05) is 48.3 Å². The van der Waals surface area contributed by atoms with Crippen LogP contribution in [-0.4, -0.2) is 58.7 Å². The molecule has 0 bridgehead atoms. The van der Waals surface area contributed by atoms with Crippen molar-refractivity contribution in [3.8, 4) is 12.1 Å². The summed E-state index contributed by atoms with van der Waals surface area (Å²) in [5, 5.41) is 31.9. The van der Waals surface area contributed by atoms with Crippen LogP contribution < -0.4 is 20.9 Å². The topological polar surface area (TPSA) is 130 Å². The molecule has 3 N–H and O–H groups in total. The van der Waals surface area contributed by atoms with E-state index >= 15 is 0 Å². The lowest BCUT2D eigenvalue weighted by Crippen LogP contribution is -2.43. The first-order valence-corrected chi connectivity index (χ1v) is 10.0. The number of aromatic nitrogens is 4. The largest absolute Gasteiger partial charge is 0.368 e. The van der Waals surface area contributed by atoms with E-state index in [4.69, 9.17) is 11.6 Å². The highest BCUT2D eigenvalue weighted by Gasteiger charge is 2.19. The molecule has 0 atom stereocenters. The van der Waals surface area contributed by atoms with Crippen LogP contribution in [0.4, 0.5) is 32.1 Å². The Morgan fingerprint density at radius 1 is 1.19 bits per heavy atom. The van der Waals surface area contributed by atoms with Gasteiger partial charge in [-0.15, -0.1) is 0 Å². The zero-order chi connectivity index (χ0) is 22.7. The van der Waals surface area contributed by atoms with E-state index in [2.05, 4.69) is 42.0 Å². The molecule has 1 saturated heterocycles. The molecule has 0 amide bonds. The fourth-order valence-electron chi connectivity index (χ4n) is 3.32. The number of anilines is 4. The zero-order valence-electron chi connectivity index (χ0n) is 16.6. The molecule has 0 spiro atoms. The highest BCUT2D eigenvalue weighted by atomic mass is 35.5. The number of alkyl halides is 2. The summed E-state index contributed by atoms with van der Waals surface area (Å²) in [7, 11) is 0. The van der Waals surface area contributed by atoms with Crippen molar-refractivity contribution in [3.05, 3.63) is 34.5 Å². The Bertz CT molecular complexity index is 1220. The number of fused-ring (bicyclic) bond motifs is 1. The predicted molar refractivity (Wildman–Crippen MR) is 115 cm³/mol. The molecule has 2 aromatic heterocycles. The van der Waals surface area contributed by atoms with Gasteiger partial charge in [-0.2, -0.15) is 30.1 Å². The van der Waals surface area contributed by atoms with E-state index in [-0.39, 0.29) is 23.1 Å². The maximum absolute atomic E-state index is 12.7. The third-order valence-corrected chi connectivity index (χ3v) is 5.19. The van der Waals surface area contributed by atoms with E-state index in [0.717, 1.165) is 26.2 Å². The van der Waals surface area contributed by atoms with Gasteiger partial charge >= 0.3 is 0 Å². The summed E-state index contributed by atoms with van der Waals surface area (Å²) in [5.74, 6) is -0.0105. The standard InChI is InChI=1S/C19H17ClF2N10/c20-16-13(5-11(7-23)6-14(16)31-3-1-25-2-4-31)28-18-29-17-12(8-24)9-27-32(17)19(30-18)26-10-15(21)22/h5-6,9,15,25H,1-4,10H2,(H2,26,28,29,30). The van der Waals surface area contributed by atoms with E-state index in [9.17, 15) is 19.3 Å². The maximum Gasteiger partial charge on any atom is 0.255 e. The molecule has 164 valence electrons. The number of nitriles is 2. The first-order chi connectivity index (χ1) is 15.5. The SMILES string of the molecule is N#Cc1cc(Nc2nc(NCC(F)F)n3ncc(C#N)c3n2)c(Cl)c(N2CCNCC2)c1. The quantitative estimate of drug-likeness (QED) is 0.509. The molecular weight excluding hydrogens is 442 g/mol. The molecule has 13 heteroatoms. The molecule has 32 heavy (non-hydrogen) atoms. The second kappa shape index (κ2) is 9.18. The molecule has 0 saturated carbocycles. The van der Waals surface area contributed by atoms with Crippen molar-refractivity contribution >= 4 is 40.5 Å². The minimum absolute atomic E-state index is 0.00881. The van der Waals surface area contributed by atoms with Crippen molar-refractivity contribution in [2.24, 2.45) is 0 Å². The van der Waals surface area contributed by atoms with Gasteiger partial charge in [0.25, 0.3) is 6.43 Å². The number of halogens is 3. The van der Waals surface area contributed by atoms with Gasteiger partial charge in [-0.1, -0.05) is 11.6 Å². The molecule has 0 aliphatic carbocycles. The highest BCUT2D eigenvalue weighted by molar-refractivity contribution is 6.36. The van der Waals surface area contributed by atoms with Gasteiger partial charge in [0.15, 0.2) is 5.65 Å². The van der Waals surface area contributed by atoms with Crippen LogP contribution in [0.2, 0.25) is 5.02 Å². The highest BCUT2D eigenvalue weighted by Crippen LogP contribution is 2.36. The van der Waals surface area contributed by atoms with Crippen molar-refractivity contribution in [2.45, 2.75) is 6.43 Å². The van der Waals surface area contributed by atoms with Crippen molar-refractivity contribution in [1.29, 1.82) is 10.5 Å². The zero-order valence-corrected chi connectivity index (χ0v) is 17.4. The molecule has 3 aromatic rings. The van der Waals surface area contributed by atoms with Gasteiger partial charge in [0.05, 0.1) is 40.8 Å². The summed E-state index contributed by atoms with van der Waals surface area (Å²) in [6.07, 6.45) is -1.35. The Labute approximate surface area is 186 Å². The van der Waals surface area contributed by atoms with Gasteiger partial charge in [-0.25, -0.2) is 8.78 Å². The van der Waals surface area contributed by atoms with Gasteiger partial charge in [0.2, 0.25) is 11.9 Å². The van der Waals surface area contributed by atoms with E-state index in [1.807, 2.05) is 6.07 Å². The van der Waals surface area contributed by atoms with Gasteiger partial charge in [0.1, 0.15) is 11.6 Å². The lowest BCUT2D eigenvalue weighted by Gasteiger charge is -2.30. The van der Waals surface area contributed by atoms with E-state index in [1.54, 1.807) is 12.1 Å². The number of nitrogens with one attached hydrogen (secondary N) is 3. The summed E-state index contributed by atoms with van der Waals surface area (Å²) in [6.45, 7) is 2.35. The minimum atomic E-state index is -2.62. The molecule has 1 aliphatic heterocycles. The lowest BCUT2D eigenvalue weighted by molar-refractivity contribution is 0.163. The normalized spacial score (nSPS) is 13.8. The molecule has 0 radical (unpaired) electrons. The second-order valence-corrected chi connectivity index (χ2v) is 7.26. The van der Waals surface area contributed by atoms with Crippen molar-refractivity contribution in [3.63, 3.8) is 0 Å². The average Bonchev–Trinajstić information content (AvgIpc) is 3.22. The van der Waals surface area contributed by atoms with Crippen LogP contribution >= 0.6 is 11.6 Å². The smallest absolute Gasteiger partial charge is 0.255 e. The summed E-state index contributed by atoms with van der Waals surface area (Å²) >= 11 is 6.64. The van der Waals surface area contributed by atoms with Gasteiger partial charge in [-0.05, 0) is 12.1 Å². The molecular formula is C19H17ClF2N10. The van der Waals surface area contributed by atoms with Crippen LogP contribution in [0.5, 0.6) is 0 Å². The number of piperazine rings is 1. The van der Waals surface area contributed by atoms with Crippen LogP contribution in [0.3, 0.4) is 0 Å². The van der Waals surface area contributed by atoms with E-state index in [0.29, 0.717) is 22.0 Å². The lowest BCUT2D eigenvalue weighted by atomic mass is 10.1. The van der Waals surface area contributed by atoms with Crippen LogP contribution in [0.1, 0.15) is 11.1 Å². The predicted octanol–water partition coefficient (Wildman–Crippen LogP) is 2.35. The van der Waals surface area contributed by atoms with Gasteiger partial charge in [-0.3, -0.25) is 0 Å². The Balaban J connectivity index is 1.75. The fourth-order valence-corrected chi connectivity index (χ4v) is 3.59. The molecule has 0 unspecified atom stereocenters. The molecule has 3 heterocycles. The van der Waals surface area contributed by atoms with Gasteiger partial charge in [0, 0.05) is 26.2 Å². The van der Waals surface area contributed by atoms with E-state index in [1.165, 1.54) is 10.7 Å². The maximum atomic E-state index is 12.7. The first-order valence-electron chi connectivity index (χ1n) is 9.64. The summed E-state index contributed by atoms with van der Waals surface area (Å²) in [6, 6.07) is 7.33. The number of benzene rings is 1. The average molecular weight is 459 g/mol. The summed E-state index contributed by atoms with van der Waals surface area (Å²) in [4.78, 5) is 10.6. The number of nitrogens with zero attached hydrogens (tertiary/aromatic N) is 7. The monoisotopic (exact) mass is 458 g/mol. The fraction of sp³-hybridized carbons (Fsp3) is 0.316. The molecule has 4 rings (SSSR count).